The molecule has 0 fully saturated rings. The highest BCUT2D eigenvalue weighted by atomic mass is 16.5. The van der Waals surface area contributed by atoms with Crippen LogP contribution in [0.4, 0.5) is 0 Å². The molecule has 4 nitrogen and oxygen atoms in total. The van der Waals surface area contributed by atoms with Crippen LogP contribution in [0.3, 0.4) is 0 Å². The highest BCUT2D eigenvalue weighted by Crippen LogP contribution is 2.27. The molecule has 1 aliphatic rings. The summed E-state index contributed by atoms with van der Waals surface area (Å²) >= 11 is 0. The van der Waals surface area contributed by atoms with Crippen LogP contribution in [0, 0.1) is 0 Å². The fraction of sp³-hybridized carbons (Fsp3) is 0.263. The molecule has 0 spiro atoms. The molecule has 0 saturated heterocycles. The molecule has 0 radical (unpaired) electrons. The molecule has 0 saturated carbocycles. The second kappa shape index (κ2) is 6.24. The summed E-state index contributed by atoms with van der Waals surface area (Å²) in [7, 11) is 3.21. The third-order valence-corrected chi connectivity index (χ3v) is 4.18. The third-order valence-electron chi connectivity index (χ3n) is 4.18. The Kier molecular flexibility index (Phi) is 4.15. The van der Waals surface area contributed by atoms with Crippen LogP contribution in [-0.4, -0.2) is 25.8 Å². The van der Waals surface area contributed by atoms with E-state index < -0.39 is 11.6 Å². The monoisotopic (exact) mass is 310 g/mol. The lowest BCUT2D eigenvalue weighted by Crippen LogP contribution is -2.15. The first-order chi connectivity index (χ1) is 11.1. The zero-order valence-corrected chi connectivity index (χ0v) is 13.2. The minimum atomic E-state index is -0.494. The maximum absolute atomic E-state index is 12.5. The Labute approximate surface area is 135 Å². The fourth-order valence-corrected chi connectivity index (χ4v) is 2.96. The molecule has 0 aliphatic heterocycles. The van der Waals surface area contributed by atoms with E-state index in [1.165, 1.54) is 0 Å². The maximum atomic E-state index is 12.5. The number of hydrogen-bond donors (Lipinski definition) is 0. The van der Waals surface area contributed by atoms with Crippen molar-refractivity contribution in [1.82, 2.24) is 0 Å². The van der Waals surface area contributed by atoms with Crippen LogP contribution in [0.25, 0.3) is 0 Å². The lowest BCUT2D eigenvalue weighted by molar-refractivity contribution is 0.0817. The quantitative estimate of drug-likeness (QED) is 0.799. The Morgan fingerprint density at radius 1 is 0.739 bits per heavy atom. The molecular formula is C19H18O4. The van der Waals surface area contributed by atoms with Gasteiger partial charge in [0.1, 0.15) is 11.5 Å². The lowest BCUT2D eigenvalue weighted by Gasteiger charge is -2.10. The highest BCUT2D eigenvalue weighted by Gasteiger charge is 2.22. The Hall–Kier alpha value is -2.62. The molecule has 3 rings (SSSR count). The average Bonchev–Trinajstić information content (AvgIpc) is 2.60. The molecule has 0 unspecified atom stereocenters. The van der Waals surface area contributed by atoms with E-state index in [1.807, 2.05) is 0 Å². The molecule has 0 N–H and O–H groups in total. The molecule has 4 heteroatoms. The van der Waals surface area contributed by atoms with Crippen molar-refractivity contribution in [2.45, 2.75) is 19.3 Å². The summed E-state index contributed by atoms with van der Waals surface area (Å²) in [6, 6.07) is 10.3. The van der Waals surface area contributed by atoms with Gasteiger partial charge in [-0.3, -0.25) is 9.59 Å². The van der Waals surface area contributed by atoms with Crippen molar-refractivity contribution in [3.63, 3.8) is 0 Å². The van der Waals surface area contributed by atoms with Crippen LogP contribution in [0.5, 0.6) is 11.5 Å². The number of ether oxygens (including phenoxy) is 2. The SMILES string of the molecule is COc1ccc2cc1CCCc1cc(ccc1OC)C(=O)C2=O. The molecule has 4 bridgehead atoms. The van der Waals surface area contributed by atoms with Crippen LogP contribution in [-0.2, 0) is 12.8 Å². The van der Waals surface area contributed by atoms with Gasteiger partial charge in [0.25, 0.3) is 0 Å². The second-order valence-corrected chi connectivity index (χ2v) is 5.57. The first-order valence-electron chi connectivity index (χ1n) is 7.57. The zero-order chi connectivity index (χ0) is 16.4. The number of fused-ring (bicyclic) bond motifs is 4. The molecule has 2 aromatic carbocycles. The Morgan fingerprint density at radius 3 is 1.57 bits per heavy atom. The number of benzene rings is 2. The Balaban J connectivity index is 2.10. The minimum Gasteiger partial charge on any atom is -0.496 e. The number of carbonyl (C=O) groups excluding carboxylic acids is 2. The standard InChI is InChI=1S/C19H18O4/c1-22-16-8-6-14-10-12(16)4-3-5-13-11-15(19(21)18(14)20)7-9-17(13)23-2/h6-11H,3-5H2,1-2H3. The van der Waals surface area contributed by atoms with Gasteiger partial charge in [-0.25, -0.2) is 0 Å². The van der Waals surface area contributed by atoms with Crippen molar-refractivity contribution in [2.75, 3.05) is 14.2 Å². The van der Waals surface area contributed by atoms with Crippen LogP contribution in [0.15, 0.2) is 36.4 Å². The van der Waals surface area contributed by atoms with E-state index in [2.05, 4.69) is 0 Å². The number of carbonyl (C=O) groups is 2. The first-order valence-corrected chi connectivity index (χ1v) is 7.57. The van der Waals surface area contributed by atoms with E-state index in [4.69, 9.17) is 9.47 Å². The molecular weight excluding hydrogens is 292 g/mol. The summed E-state index contributed by atoms with van der Waals surface area (Å²) in [6.07, 6.45) is 2.42. The third kappa shape index (κ3) is 2.84. The topological polar surface area (TPSA) is 52.6 Å². The molecule has 2 aromatic rings. The molecule has 0 heterocycles. The van der Waals surface area contributed by atoms with Crippen molar-refractivity contribution in [2.24, 2.45) is 0 Å². The van der Waals surface area contributed by atoms with Crippen molar-refractivity contribution in [3.8, 4) is 11.5 Å². The Morgan fingerprint density at radius 2 is 1.17 bits per heavy atom. The van der Waals surface area contributed by atoms with Gasteiger partial charge in [0.2, 0.25) is 11.6 Å². The van der Waals surface area contributed by atoms with Gasteiger partial charge in [-0.05, 0) is 66.8 Å². The smallest absolute Gasteiger partial charge is 0.233 e. The summed E-state index contributed by atoms with van der Waals surface area (Å²) in [5.74, 6) is 0.498. The van der Waals surface area contributed by atoms with Crippen LogP contribution in [0.2, 0.25) is 0 Å². The summed E-state index contributed by atoms with van der Waals surface area (Å²) in [6.45, 7) is 0. The van der Waals surface area contributed by atoms with Gasteiger partial charge in [0.05, 0.1) is 14.2 Å². The van der Waals surface area contributed by atoms with Crippen molar-refractivity contribution in [3.05, 3.63) is 58.7 Å². The zero-order valence-electron chi connectivity index (χ0n) is 13.2. The van der Waals surface area contributed by atoms with Gasteiger partial charge in [0, 0.05) is 11.1 Å². The lowest BCUT2D eigenvalue weighted by atomic mass is 9.98. The molecule has 0 atom stereocenters. The summed E-state index contributed by atoms with van der Waals surface area (Å²) in [5, 5.41) is 0. The van der Waals surface area contributed by atoms with Crippen LogP contribution in [0.1, 0.15) is 38.3 Å². The summed E-state index contributed by atoms with van der Waals surface area (Å²) < 4.78 is 10.7. The largest absolute Gasteiger partial charge is 0.496 e. The van der Waals surface area contributed by atoms with Gasteiger partial charge in [0.15, 0.2) is 0 Å². The predicted octanol–water partition coefficient (Wildman–Crippen LogP) is 3.26. The number of rotatable bonds is 2. The van der Waals surface area contributed by atoms with E-state index >= 15 is 0 Å². The minimum absolute atomic E-state index is 0.407. The fourth-order valence-electron chi connectivity index (χ4n) is 2.96. The van der Waals surface area contributed by atoms with Crippen molar-refractivity contribution >= 4 is 11.6 Å². The van der Waals surface area contributed by atoms with Crippen LogP contribution < -0.4 is 9.47 Å². The highest BCUT2D eigenvalue weighted by molar-refractivity contribution is 6.49. The van der Waals surface area contributed by atoms with Gasteiger partial charge >= 0.3 is 0 Å². The van der Waals surface area contributed by atoms with Gasteiger partial charge in [-0.2, -0.15) is 0 Å². The number of Topliss-reactive ketones (excluding diaryl/α,β-unsaturated/α-hetero) is 2. The van der Waals surface area contributed by atoms with Gasteiger partial charge in [-0.1, -0.05) is 0 Å². The molecule has 1 aliphatic carbocycles. The molecule has 0 amide bonds. The summed E-state index contributed by atoms with van der Waals surface area (Å²) in [5.41, 5.74) is 2.70. The normalized spacial score (nSPS) is 14.2. The number of hydrogen-bond acceptors (Lipinski definition) is 4. The van der Waals surface area contributed by atoms with E-state index in [1.54, 1.807) is 50.6 Å². The number of ketones is 2. The van der Waals surface area contributed by atoms with E-state index in [0.717, 1.165) is 41.9 Å². The molecule has 23 heavy (non-hydrogen) atoms. The molecule has 118 valence electrons. The first kappa shape index (κ1) is 15.3. The molecule has 0 aromatic heterocycles. The maximum Gasteiger partial charge on any atom is 0.233 e. The predicted molar refractivity (Wildman–Crippen MR) is 86.7 cm³/mol. The van der Waals surface area contributed by atoms with E-state index in [0.29, 0.717) is 11.1 Å². The number of aryl methyl sites for hydroxylation is 2. The van der Waals surface area contributed by atoms with E-state index in [-0.39, 0.29) is 0 Å². The van der Waals surface area contributed by atoms with Crippen LogP contribution >= 0.6 is 0 Å². The van der Waals surface area contributed by atoms with Gasteiger partial charge < -0.3 is 9.47 Å². The number of methoxy groups -OCH3 is 2. The second-order valence-electron chi connectivity index (χ2n) is 5.57. The van der Waals surface area contributed by atoms with Crippen molar-refractivity contribution in [1.29, 1.82) is 0 Å². The Bertz CT molecular complexity index is 711. The van der Waals surface area contributed by atoms with Gasteiger partial charge in [-0.15, -0.1) is 0 Å². The van der Waals surface area contributed by atoms with E-state index in [9.17, 15) is 9.59 Å². The van der Waals surface area contributed by atoms with Crippen molar-refractivity contribution < 1.29 is 19.1 Å². The summed E-state index contributed by atoms with van der Waals surface area (Å²) in [4.78, 5) is 25.0. The average molecular weight is 310 g/mol.